The van der Waals surface area contributed by atoms with Crippen LogP contribution in [0.15, 0.2) is 16.2 Å². The third-order valence-corrected chi connectivity index (χ3v) is 3.23. The number of thioether (sulfide) groups is 2. The highest BCUT2D eigenvalue weighted by atomic mass is 35.5. The van der Waals surface area contributed by atoms with Crippen LogP contribution in [0, 0.1) is 0 Å². The second-order valence-corrected chi connectivity index (χ2v) is 5.26. The zero-order chi connectivity index (χ0) is 10.4. The van der Waals surface area contributed by atoms with E-state index < -0.39 is 0 Å². The summed E-state index contributed by atoms with van der Waals surface area (Å²) in [5.41, 5.74) is 0.911. The van der Waals surface area contributed by atoms with E-state index in [2.05, 4.69) is 23.8 Å². The van der Waals surface area contributed by atoms with Gasteiger partial charge in [-0.1, -0.05) is 25.6 Å². The van der Waals surface area contributed by atoms with E-state index in [-0.39, 0.29) is 0 Å². The van der Waals surface area contributed by atoms with Gasteiger partial charge in [-0.3, -0.25) is 0 Å². The van der Waals surface area contributed by atoms with Gasteiger partial charge in [0.05, 0.1) is 11.6 Å². The molecule has 0 spiro atoms. The minimum atomic E-state index is 0.455. The molecule has 0 aliphatic heterocycles. The van der Waals surface area contributed by atoms with Gasteiger partial charge in [0, 0.05) is 0 Å². The Bertz CT molecular complexity index is 270. The summed E-state index contributed by atoms with van der Waals surface area (Å²) in [7, 11) is 0. The van der Waals surface area contributed by atoms with E-state index in [1.807, 2.05) is 6.07 Å². The van der Waals surface area contributed by atoms with Crippen LogP contribution in [0.25, 0.3) is 0 Å². The summed E-state index contributed by atoms with van der Waals surface area (Å²) in [6.07, 6.45) is 0. The topological polar surface area (TPSA) is 25.8 Å². The van der Waals surface area contributed by atoms with Crippen molar-refractivity contribution in [1.29, 1.82) is 0 Å². The maximum atomic E-state index is 5.76. The highest BCUT2D eigenvalue weighted by Crippen LogP contribution is 2.21. The molecule has 0 amide bonds. The van der Waals surface area contributed by atoms with Crippen LogP contribution < -0.4 is 0 Å². The molecule has 0 atom stereocenters. The Kier molecular flexibility index (Phi) is 5.67. The summed E-state index contributed by atoms with van der Waals surface area (Å²) in [5, 5.41) is 1.86. The Morgan fingerprint density at radius 2 is 1.93 bits per heavy atom. The molecule has 0 bridgehead atoms. The van der Waals surface area contributed by atoms with Gasteiger partial charge in [0.2, 0.25) is 0 Å². The molecular weight excluding hydrogens is 236 g/mol. The van der Waals surface area contributed by atoms with Gasteiger partial charge in [-0.25, -0.2) is 9.97 Å². The van der Waals surface area contributed by atoms with Gasteiger partial charge in [0.15, 0.2) is 5.16 Å². The molecule has 0 aromatic carbocycles. The largest absolute Gasteiger partial charge is 0.226 e. The second kappa shape index (κ2) is 6.53. The summed E-state index contributed by atoms with van der Waals surface area (Å²) < 4.78 is 0. The Labute approximate surface area is 98.2 Å². The van der Waals surface area contributed by atoms with Gasteiger partial charge >= 0.3 is 0 Å². The van der Waals surface area contributed by atoms with Crippen LogP contribution in [0.3, 0.4) is 0 Å². The van der Waals surface area contributed by atoms with Crippen molar-refractivity contribution in [2.75, 3.05) is 11.5 Å². The number of hydrogen-bond donors (Lipinski definition) is 0. The molecule has 0 N–H and O–H groups in total. The van der Waals surface area contributed by atoms with Crippen LogP contribution in [0.4, 0.5) is 0 Å². The fourth-order valence-electron chi connectivity index (χ4n) is 0.933. The normalized spacial score (nSPS) is 10.5. The van der Waals surface area contributed by atoms with Crippen molar-refractivity contribution in [3.05, 3.63) is 11.8 Å². The third-order valence-electron chi connectivity index (χ3n) is 1.44. The van der Waals surface area contributed by atoms with E-state index in [9.17, 15) is 0 Å². The molecular formula is C9H13ClN2S2. The first-order chi connectivity index (χ1) is 6.80. The van der Waals surface area contributed by atoms with Crippen LogP contribution >= 0.6 is 35.1 Å². The van der Waals surface area contributed by atoms with Crippen molar-refractivity contribution < 1.29 is 0 Å². The summed E-state index contributed by atoms with van der Waals surface area (Å²) in [6, 6.07) is 1.96. The van der Waals surface area contributed by atoms with E-state index >= 15 is 0 Å². The third kappa shape index (κ3) is 3.67. The number of rotatable bonds is 5. The highest BCUT2D eigenvalue weighted by molar-refractivity contribution is 7.99. The van der Waals surface area contributed by atoms with Gasteiger partial charge in [-0.2, -0.15) is 0 Å². The number of alkyl halides is 1. The lowest BCUT2D eigenvalue weighted by Crippen LogP contribution is -1.94. The fourth-order valence-corrected chi connectivity index (χ4v) is 2.40. The lowest BCUT2D eigenvalue weighted by atomic mass is 10.5. The number of aromatic nitrogens is 2. The van der Waals surface area contributed by atoms with Crippen LogP contribution in [-0.4, -0.2) is 21.5 Å². The molecule has 0 unspecified atom stereocenters. The summed E-state index contributed by atoms with van der Waals surface area (Å²) in [5.74, 6) is 2.47. The molecule has 1 heterocycles. The van der Waals surface area contributed by atoms with Gasteiger partial charge in [0.25, 0.3) is 0 Å². The smallest absolute Gasteiger partial charge is 0.188 e. The summed E-state index contributed by atoms with van der Waals surface area (Å²) >= 11 is 9.13. The minimum Gasteiger partial charge on any atom is -0.226 e. The van der Waals surface area contributed by atoms with Crippen LogP contribution in [0.1, 0.15) is 19.5 Å². The predicted molar refractivity (Wildman–Crippen MR) is 64.4 cm³/mol. The molecule has 1 rings (SSSR count). The maximum absolute atomic E-state index is 5.76. The standard InChI is InChI=1S/C9H13ClN2S2/c1-3-13-8-5-7(6-10)11-9(12-8)14-4-2/h5H,3-4,6H2,1-2H3. The lowest BCUT2D eigenvalue weighted by molar-refractivity contribution is 0.859. The average Bonchev–Trinajstić information content (AvgIpc) is 2.18. The van der Waals surface area contributed by atoms with E-state index in [0.717, 1.165) is 27.4 Å². The first kappa shape index (κ1) is 12.1. The first-order valence-corrected chi connectivity index (χ1v) is 7.00. The highest BCUT2D eigenvalue weighted by Gasteiger charge is 2.03. The molecule has 1 aromatic rings. The fraction of sp³-hybridized carbons (Fsp3) is 0.556. The molecule has 1 aromatic heterocycles. The molecule has 5 heteroatoms. The minimum absolute atomic E-state index is 0.455. The molecule has 0 saturated carbocycles. The van der Waals surface area contributed by atoms with E-state index in [0.29, 0.717) is 5.88 Å². The second-order valence-electron chi connectivity index (χ2n) is 2.48. The molecule has 78 valence electrons. The van der Waals surface area contributed by atoms with Crippen LogP contribution in [0.5, 0.6) is 0 Å². The van der Waals surface area contributed by atoms with E-state index in [1.165, 1.54) is 0 Å². The van der Waals surface area contributed by atoms with Gasteiger partial charge in [-0.05, 0) is 17.6 Å². The van der Waals surface area contributed by atoms with E-state index in [4.69, 9.17) is 11.6 Å². The summed E-state index contributed by atoms with van der Waals surface area (Å²) in [4.78, 5) is 8.75. The molecule has 0 saturated heterocycles. The molecule has 0 aliphatic rings. The molecule has 0 radical (unpaired) electrons. The van der Waals surface area contributed by atoms with Crippen molar-refractivity contribution in [2.45, 2.75) is 29.9 Å². The molecule has 0 aliphatic carbocycles. The predicted octanol–water partition coefficient (Wildman–Crippen LogP) is 3.44. The SMILES string of the molecule is CCSc1cc(CCl)nc(SCC)n1. The lowest BCUT2D eigenvalue weighted by Gasteiger charge is -2.03. The zero-order valence-corrected chi connectivity index (χ0v) is 10.7. The Balaban J connectivity index is 2.88. The number of hydrogen-bond acceptors (Lipinski definition) is 4. The zero-order valence-electron chi connectivity index (χ0n) is 8.29. The Morgan fingerprint density at radius 3 is 2.50 bits per heavy atom. The molecule has 14 heavy (non-hydrogen) atoms. The summed E-state index contributed by atoms with van der Waals surface area (Å²) in [6.45, 7) is 4.20. The number of halogens is 1. The van der Waals surface area contributed by atoms with Crippen molar-refractivity contribution in [2.24, 2.45) is 0 Å². The van der Waals surface area contributed by atoms with Gasteiger partial charge in [-0.15, -0.1) is 23.4 Å². The van der Waals surface area contributed by atoms with Gasteiger partial charge in [0.1, 0.15) is 5.03 Å². The van der Waals surface area contributed by atoms with Crippen LogP contribution in [-0.2, 0) is 5.88 Å². The first-order valence-electron chi connectivity index (χ1n) is 4.49. The quantitative estimate of drug-likeness (QED) is 0.345. The Morgan fingerprint density at radius 1 is 1.21 bits per heavy atom. The molecule has 0 fully saturated rings. The molecule has 2 nitrogen and oxygen atoms in total. The van der Waals surface area contributed by atoms with Crippen molar-refractivity contribution >= 4 is 35.1 Å². The van der Waals surface area contributed by atoms with Crippen LogP contribution in [0.2, 0.25) is 0 Å². The van der Waals surface area contributed by atoms with Crippen molar-refractivity contribution in [1.82, 2.24) is 9.97 Å². The monoisotopic (exact) mass is 248 g/mol. The van der Waals surface area contributed by atoms with Gasteiger partial charge < -0.3 is 0 Å². The van der Waals surface area contributed by atoms with E-state index in [1.54, 1.807) is 23.5 Å². The maximum Gasteiger partial charge on any atom is 0.188 e. The number of nitrogens with zero attached hydrogens (tertiary/aromatic N) is 2. The Hall–Kier alpha value is 0.0700. The van der Waals surface area contributed by atoms with Crippen molar-refractivity contribution in [3.63, 3.8) is 0 Å². The average molecular weight is 249 g/mol. The van der Waals surface area contributed by atoms with Crippen molar-refractivity contribution in [3.8, 4) is 0 Å².